The quantitative estimate of drug-likeness (QED) is 0.542. The summed E-state index contributed by atoms with van der Waals surface area (Å²) in [5.41, 5.74) is -2.78. The number of hydrogen-bond acceptors (Lipinski definition) is 5. The number of anilines is 2. The SMILES string of the molecule is Cc1ccn(-c2cc(N3CCN(C(=O)Nc4cc(C(F)(F)F)cc(C(F)(F)F)c4)CC3)ncn2)n1. The van der Waals surface area contributed by atoms with Crippen LogP contribution in [0, 0.1) is 6.92 Å². The molecule has 3 heterocycles. The molecule has 14 heteroatoms. The van der Waals surface area contributed by atoms with Crippen molar-refractivity contribution in [1.82, 2.24) is 24.6 Å². The maximum Gasteiger partial charge on any atom is 0.416 e. The maximum absolute atomic E-state index is 13.1. The van der Waals surface area contributed by atoms with Crippen molar-refractivity contribution >= 4 is 17.5 Å². The molecule has 0 saturated carbocycles. The molecule has 1 aliphatic rings. The number of amides is 2. The average Bonchev–Trinajstić information content (AvgIpc) is 3.24. The standard InChI is InChI=1S/C21H19F6N7O/c1-13-2-3-34(31-13)18-11-17(28-12-29-18)32-4-6-33(7-5-32)19(35)30-16-9-14(20(22,23)24)8-15(10-16)21(25,26)27/h2-3,8-12H,4-7H2,1H3,(H,30,35). The zero-order valence-electron chi connectivity index (χ0n) is 18.2. The smallest absolute Gasteiger partial charge is 0.353 e. The number of benzene rings is 1. The van der Waals surface area contributed by atoms with Crippen LogP contribution in [0.25, 0.3) is 5.82 Å². The van der Waals surface area contributed by atoms with Crippen molar-refractivity contribution in [3.63, 3.8) is 0 Å². The van der Waals surface area contributed by atoms with Crippen molar-refractivity contribution in [2.75, 3.05) is 36.4 Å². The molecular formula is C21H19F6N7O. The minimum absolute atomic E-state index is 0.00889. The highest BCUT2D eigenvalue weighted by Crippen LogP contribution is 2.37. The molecule has 1 saturated heterocycles. The predicted octanol–water partition coefficient (Wildman–Crippen LogP) is 4.36. The van der Waals surface area contributed by atoms with E-state index in [2.05, 4.69) is 20.4 Å². The second-order valence-corrected chi connectivity index (χ2v) is 7.83. The molecule has 186 valence electrons. The number of halogens is 6. The summed E-state index contributed by atoms with van der Waals surface area (Å²) in [7, 11) is 0. The number of alkyl halides is 6. The highest BCUT2D eigenvalue weighted by molar-refractivity contribution is 5.89. The Labute approximate surface area is 195 Å². The van der Waals surface area contributed by atoms with Gasteiger partial charge in [0.15, 0.2) is 5.82 Å². The van der Waals surface area contributed by atoms with Gasteiger partial charge in [0.1, 0.15) is 12.1 Å². The lowest BCUT2D eigenvalue weighted by Crippen LogP contribution is -2.50. The highest BCUT2D eigenvalue weighted by atomic mass is 19.4. The lowest BCUT2D eigenvalue weighted by molar-refractivity contribution is -0.143. The fourth-order valence-electron chi connectivity index (χ4n) is 3.55. The van der Waals surface area contributed by atoms with Gasteiger partial charge in [0.25, 0.3) is 0 Å². The average molecular weight is 499 g/mol. The summed E-state index contributed by atoms with van der Waals surface area (Å²) in [5, 5.41) is 6.45. The van der Waals surface area contributed by atoms with E-state index < -0.39 is 35.2 Å². The number of aromatic nitrogens is 4. The van der Waals surface area contributed by atoms with Gasteiger partial charge in [-0.05, 0) is 31.2 Å². The van der Waals surface area contributed by atoms with Crippen molar-refractivity contribution in [2.45, 2.75) is 19.3 Å². The Morgan fingerprint density at radius 3 is 2.03 bits per heavy atom. The first-order valence-corrected chi connectivity index (χ1v) is 10.4. The van der Waals surface area contributed by atoms with Gasteiger partial charge in [0, 0.05) is 44.1 Å². The minimum Gasteiger partial charge on any atom is -0.353 e. The summed E-state index contributed by atoms with van der Waals surface area (Å²) in [6, 6.07) is 3.71. The number of piperazine rings is 1. The largest absolute Gasteiger partial charge is 0.416 e. The Hall–Kier alpha value is -3.84. The molecule has 0 unspecified atom stereocenters. The van der Waals surface area contributed by atoms with Crippen molar-refractivity contribution in [3.05, 3.63) is 59.7 Å². The second-order valence-electron chi connectivity index (χ2n) is 7.83. The van der Waals surface area contributed by atoms with Crippen molar-refractivity contribution < 1.29 is 31.1 Å². The molecule has 0 aliphatic carbocycles. The number of rotatable bonds is 3. The van der Waals surface area contributed by atoms with Crippen molar-refractivity contribution in [2.24, 2.45) is 0 Å². The van der Waals surface area contributed by atoms with E-state index in [-0.39, 0.29) is 19.2 Å². The summed E-state index contributed by atoms with van der Waals surface area (Å²) in [4.78, 5) is 24.2. The van der Waals surface area contributed by atoms with E-state index in [1.807, 2.05) is 17.9 Å². The summed E-state index contributed by atoms with van der Waals surface area (Å²) >= 11 is 0. The third-order valence-corrected chi connectivity index (χ3v) is 5.33. The third kappa shape index (κ3) is 5.63. The molecule has 1 fully saturated rings. The second kappa shape index (κ2) is 9.07. The molecule has 2 amide bonds. The van der Waals surface area contributed by atoms with Crippen LogP contribution in [0.4, 0.5) is 42.6 Å². The molecule has 0 spiro atoms. The molecule has 0 radical (unpaired) electrons. The van der Waals surface area contributed by atoms with Crippen LogP contribution in [-0.4, -0.2) is 56.9 Å². The van der Waals surface area contributed by atoms with Crippen molar-refractivity contribution in [3.8, 4) is 5.82 Å². The van der Waals surface area contributed by atoms with Gasteiger partial charge in [0.2, 0.25) is 0 Å². The first-order chi connectivity index (χ1) is 16.4. The van der Waals surface area contributed by atoms with Gasteiger partial charge in [-0.25, -0.2) is 19.4 Å². The van der Waals surface area contributed by atoms with Gasteiger partial charge in [-0.15, -0.1) is 0 Å². The first kappa shape index (κ1) is 24.3. The summed E-state index contributed by atoms with van der Waals surface area (Å²) in [6.07, 6.45) is -6.87. The van der Waals surface area contributed by atoms with Gasteiger partial charge in [-0.3, -0.25) is 0 Å². The minimum atomic E-state index is -5.00. The molecule has 1 aliphatic heterocycles. The molecular weight excluding hydrogens is 480 g/mol. The highest BCUT2D eigenvalue weighted by Gasteiger charge is 2.37. The topological polar surface area (TPSA) is 79.2 Å². The number of aryl methyl sites for hydroxylation is 1. The van der Waals surface area contributed by atoms with Crippen LogP contribution < -0.4 is 10.2 Å². The van der Waals surface area contributed by atoms with Crippen molar-refractivity contribution in [1.29, 1.82) is 0 Å². The van der Waals surface area contributed by atoms with Gasteiger partial charge >= 0.3 is 18.4 Å². The first-order valence-electron chi connectivity index (χ1n) is 10.4. The lowest BCUT2D eigenvalue weighted by atomic mass is 10.1. The van der Waals surface area contributed by atoms with E-state index in [4.69, 9.17) is 0 Å². The normalized spacial score (nSPS) is 14.8. The summed E-state index contributed by atoms with van der Waals surface area (Å²) in [6.45, 7) is 2.89. The van der Waals surface area contributed by atoms with Crippen LogP contribution in [0.3, 0.4) is 0 Å². The summed E-state index contributed by atoms with van der Waals surface area (Å²) < 4.78 is 79.9. The number of urea groups is 1. The Balaban J connectivity index is 1.43. The van der Waals surface area contributed by atoms with Gasteiger partial charge < -0.3 is 15.1 Å². The third-order valence-electron chi connectivity index (χ3n) is 5.33. The molecule has 0 bridgehead atoms. The molecule has 35 heavy (non-hydrogen) atoms. The van der Waals surface area contributed by atoms with E-state index in [1.54, 1.807) is 16.9 Å². The fourth-order valence-corrected chi connectivity index (χ4v) is 3.55. The Bertz CT molecular complexity index is 1180. The molecule has 1 N–H and O–H groups in total. The van der Waals surface area contributed by atoms with Gasteiger partial charge in [-0.2, -0.15) is 31.4 Å². The van der Waals surface area contributed by atoms with Crippen LogP contribution in [0.15, 0.2) is 42.9 Å². The molecule has 0 atom stereocenters. The Morgan fingerprint density at radius 1 is 0.886 bits per heavy atom. The summed E-state index contributed by atoms with van der Waals surface area (Å²) in [5.74, 6) is 1.14. The van der Waals surface area contributed by atoms with Crippen LogP contribution in [-0.2, 0) is 12.4 Å². The van der Waals surface area contributed by atoms with Crippen LogP contribution in [0.5, 0.6) is 0 Å². The monoisotopic (exact) mass is 499 g/mol. The number of carbonyl (C=O) groups is 1. The van der Waals surface area contributed by atoms with Crippen LogP contribution >= 0.6 is 0 Å². The van der Waals surface area contributed by atoms with E-state index in [0.717, 1.165) is 5.69 Å². The molecule has 8 nitrogen and oxygen atoms in total. The lowest BCUT2D eigenvalue weighted by Gasteiger charge is -2.35. The number of nitrogens with one attached hydrogen (secondary N) is 1. The number of hydrogen-bond donors (Lipinski definition) is 1. The Kier molecular flexibility index (Phi) is 6.30. The molecule has 4 rings (SSSR count). The fraction of sp³-hybridized carbons (Fsp3) is 0.333. The number of nitrogens with zero attached hydrogens (tertiary/aromatic N) is 6. The molecule has 2 aromatic heterocycles. The molecule has 1 aromatic carbocycles. The van der Waals surface area contributed by atoms with Gasteiger partial charge in [0.05, 0.1) is 16.8 Å². The zero-order chi connectivity index (χ0) is 25.4. The van der Waals surface area contributed by atoms with Crippen LogP contribution in [0.1, 0.15) is 16.8 Å². The number of carbonyl (C=O) groups excluding carboxylic acids is 1. The van der Waals surface area contributed by atoms with Gasteiger partial charge in [-0.1, -0.05) is 0 Å². The zero-order valence-corrected chi connectivity index (χ0v) is 18.2. The van der Waals surface area contributed by atoms with E-state index in [1.165, 1.54) is 11.2 Å². The molecule has 3 aromatic rings. The van der Waals surface area contributed by atoms with Crippen LogP contribution in [0.2, 0.25) is 0 Å². The van der Waals surface area contributed by atoms with E-state index in [9.17, 15) is 31.1 Å². The van der Waals surface area contributed by atoms with E-state index in [0.29, 0.717) is 36.9 Å². The maximum atomic E-state index is 13.1. The predicted molar refractivity (Wildman–Crippen MR) is 113 cm³/mol. The van der Waals surface area contributed by atoms with E-state index >= 15 is 0 Å². The Morgan fingerprint density at radius 2 is 1.49 bits per heavy atom.